The zero-order valence-electron chi connectivity index (χ0n) is 52.4. The van der Waals surface area contributed by atoms with Gasteiger partial charge in [-0.05, 0) is 0 Å². The highest BCUT2D eigenvalue weighted by Gasteiger charge is 2.60. The van der Waals surface area contributed by atoms with Crippen LogP contribution < -0.4 is 16.0 Å². The molecule has 0 saturated carbocycles. The summed E-state index contributed by atoms with van der Waals surface area (Å²) in [5, 5.41) is 257. The minimum absolute atomic E-state index is 0.868. The molecule has 3 amide bonds. The van der Waals surface area contributed by atoms with E-state index in [-0.39, 0.29) is 0 Å². The Labute approximate surface area is 554 Å². The average molecular weight is 1440 g/mol. The molecular weight excluding hydrogens is 1350 g/mol. The first-order valence-electron chi connectivity index (χ1n) is 31.1. The zero-order valence-corrected chi connectivity index (χ0v) is 52.4. The van der Waals surface area contributed by atoms with Gasteiger partial charge in [0.2, 0.25) is 17.7 Å². The van der Waals surface area contributed by atoms with Crippen LogP contribution in [0, 0.1) is 0 Å². The molecule has 0 unspecified atom stereocenters. The summed E-state index contributed by atoms with van der Waals surface area (Å²) in [5.74, 6) is -2.70. The van der Waals surface area contributed by atoms with E-state index in [2.05, 4.69) is 16.0 Å². The van der Waals surface area contributed by atoms with Gasteiger partial charge < -0.3 is 204 Å². The molecule has 0 radical (unpaired) electrons. The number of carbonyl (C=O) groups is 3. The summed E-state index contributed by atoms with van der Waals surface area (Å²) in [6.45, 7) is -5.33. The van der Waals surface area contributed by atoms with Gasteiger partial charge in [-0.3, -0.25) is 14.4 Å². The van der Waals surface area contributed by atoms with Crippen LogP contribution in [0.3, 0.4) is 0 Å². The van der Waals surface area contributed by atoms with Gasteiger partial charge in [0.1, 0.15) is 195 Å². The molecule has 0 aromatic heterocycles. The number of nitrogens with one attached hydrogen (secondary N) is 3. The topological polar surface area (TPSA) is 691 Å². The van der Waals surface area contributed by atoms with Gasteiger partial charge in [0, 0.05) is 20.8 Å². The van der Waals surface area contributed by atoms with Crippen molar-refractivity contribution in [3.63, 3.8) is 0 Å². The number of hydrogen-bond donors (Lipinski definition) is 26. The van der Waals surface area contributed by atoms with E-state index in [0.29, 0.717) is 0 Å². The third-order valence-electron chi connectivity index (χ3n) is 17.8. The smallest absolute Gasteiger partial charge is 0.217 e. The Morgan fingerprint density at radius 2 is 0.551 bits per heavy atom. The van der Waals surface area contributed by atoms with Crippen LogP contribution in [0.15, 0.2) is 0 Å². The molecule has 0 spiro atoms. The zero-order chi connectivity index (χ0) is 72.2. The molecule has 0 aromatic carbocycles. The van der Waals surface area contributed by atoms with E-state index in [1.807, 2.05) is 0 Å². The summed E-state index contributed by atoms with van der Waals surface area (Å²) in [7, 11) is 0. The molecule has 8 aliphatic rings. The second kappa shape index (κ2) is 35.1. The van der Waals surface area contributed by atoms with Gasteiger partial charge in [-0.15, -0.1) is 0 Å². The van der Waals surface area contributed by atoms with Crippen molar-refractivity contribution >= 4 is 17.7 Å². The number of aliphatic hydroxyl groups is 23. The van der Waals surface area contributed by atoms with Gasteiger partial charge in [0.15, 0.2) is 50.3 Å². The maximum absolute atomic E-state index is 12.9. The van der Waals surface area contributed by atoms with Crippen LogP contribution in [0.25, 0.3) is 0 Å². The molecule has 40 atom stereocenters. The minimum atomic E-state index is -2.36. The SMILES string of the molecule is CC(=O)N[C@H]1[C@H](O[C@H]2[C@@H](O)[C@@H](CO)O[C@@H](O[C@H]3[C@H](O)[C@@H](NC(C)=O)[C@H](OC[C@H]4O[C@@H](O[C@H]5[C@H](O)[C@@H](O)[C@@H](O)O[C@@H]5CO)[C@H](O)[C@@H](O[C@@H]5O[C@H](CO)[C@@H](O)[C@H](O[C@@H]6O[C@H](CO)[C@H](O)[C@H](O)[C@H]6O)[C@H]5NC(C)=O)[C@H]4O)O[C@@H]3CO)[C@@H]2O)O[C@H](CO)[C@@H](O[C@@H]2O[C@H](CO)[C@H](O)[C@H](O)[C@H]2O)[C@@H]1O. The van der Waals surface area contributed by atoms with E-state index >= 15 is 0 Å². The van der Waals surface area contributed by atoms with Crippen LogP contribution in [0.2, 0.25) is 0 Å². The predicted molar refractivity (Wildman–Crippen MR) is 299 cm³/mol. The fourth-order valence-corrected chi connectivity index (χ4v) is 12.6. The molecular formula is C54H91N3O41. The van der Waals surface area contributed by atoms with Crippen molar-refractivity contribution in [1.29, 1.82) is 0 Å². The van der Waals surface area contributed by atoms with Crippen molar-refractivity contribution in [1.82, 2.24) is 16.0 Å². The van der Waals surface area contributed by atoms with E-state index < -0.39 is 316 Å². The highest BCUT2D eigenvalue weighted by molar-refractivity contribution is 5.74. The van der Waals surface area contributed by atoms with Crippen molar-refractivity contribution in [3.05, 3.63) is 0 Å². The summed E-state index contributed by atoms with van der Waals surface area (Å²) in [5.41, 5.74) is 0. The molecule has 98 heavy (non-hydrogen) atoms. The van der Waals surface area contributed by atoms with Crippen molar-refractivity contribution in [2.24, 2.45) is 0 Å². The van der Waals surface area contributed by atoms with Crippen molar-refractivity contribution in [3.8, 4) is 0 Å². The third-order valence-corrected chi connectivity index (χ3v) is 17.8. The molecule has 0 aliphatic carbocycles. The molecule has 8 heterocycles. The minimum Gasteiger partial charge on any atom is -0.394 e. The molecule has 8 saturated heterocycles. The lowest BCUT2D eigenvalue weighted by Gasteiger charge is -2.50. The van der Waals surface area contributed by atoms with E-state index in [1.54, 1.807) is 0 Å². The molecule has 26 N–H and O–H groups in total. The fourth-order valence-electron chi connectivity index (χ4n) is 12.6. The Hall–Kier alpha value is -3.11. The van der Waals surface area contributed by atoms with Crippen LogP contribution in [0.5, 0.6) is 0 Å². The Morgan fingerprint density at radius 3 is 0.969 bits per heavy atom. The fraction of sp³-hybridized carbons (Fsp3) is 0.944. The van der Waals surface area contributed by atoms with Gasteiger partial charge in [0.25, 0.3) is 0 Å². The summed E-state index contributed by atoms with van der Waals surface area (Å²) in [4.78, 5) is 38.4. The first kappa shape index (κ1) is 80.6. The Bertz CT molecular complexity index is 2510. The van der Waals surface area contributed by atoms with Crippen LogP contribution in [-0.2, 0) is 85.4 Å². The number of amides is 3. The lowest BCUT2D eigenvalue weighted by molar-refractivity contribution is -0.385. The quantitative estimate of drug-likeness (QED) is 0.0404. The highest BCUT2D eigenvalue weighted by atomic mass is 16.8. The molecule has 8 aliphatic heterocycles. The van der Waals surface area contributed by atoms with Crippen LogP contribution in [-0.4, -0.2) is 433 Å². The van der Waals surface area contributed by atoms with E-state index in [0.717, 1.165) is 20.8 Å². The maximum Gasteiger partial charge on any atom is 0.217 e. The number of carbonyl (C=O) groups excluding carboxylic acids is 3. The summed E-state index contributed by atoms with van der Waals surface area (Å²) >= 11 is 0. The van der Waals surface area contributed by atoms with Crippen LogP contribution >= 0.6 is 0 Å². The van der Waals surface area contributed by atoms with Crippen molar-refractivity contribution < 1.29 is 203 Å². The van der Waals surface area contributed by atoms with Gasteiger partial charge in [0.05, 0.1) is 52.9 Å². The average Bonchev–Trinajstić information content (AvgIpc) is 0.776. The summed E-state index contributed by atoms with van der Waals surface area (Å²) < 4.78 is 87.1. The Kier molecular flexibility index (Phi) is 28.9. The molecule has 8 fully saturated rings. The van der Waals surface area contributed by atoms with E-state index in [1.165, 1.54) is 0 Å². The second-order valence-corrected chi connectivity index (χ2v) is 24.6. The van der Waals surface area contributed by atoms with E-state index in [9.17, 15) is 132 Å². The van der Waals surface area contributed by atoms with E-state index in [4.69, 9.17) is 71.1 Å². The monoisotopic (exact) mass is 1440 g/mol. The number of ether oxygens (including phenoxy) is 15. The lowest BCUT2D eigenvalue weighted by atomic mass is 9.94. The molecule has 0 aromatic rings. The van der Waals surface area contributed by atoms with Crippen molar-refractivity contribution in [2.75, 3.05) is 52.9 Å². The lowest BCUT2D eigenvalue weighted by Crippen LogP contribution is -2.70. The van der Waals surface area contributed by atoms with Gasteiger partial charge in [-0.2, -0.15) is 0 Å². The largest absolute Gasteiger partial charge is 0.394 e. The Balaban J connectivity index is 1.03. The number of aliphatic hydroxyl groups excluding tert-OH is 23. The van der Waals surface area contributed by atoms with Crippen molar-refractivity contribution in [2.45, 2.75) is 266 Å². The molecule has 8 rings (SSSR count). The molecule has 568 valence electrons. The second-order valence-electron chi connectivity index (χ2n) is 24.6. The molecule has 0 bridgehead atoms. The maximum atomic E-state index is 12.9. The number of hydrogen-bond acceptors (Lipinski definition) is 41. The molecule has 44 nitrogen and oxygen atoms in total. The van der Waals surface area contributed by atoms with Gasteiger partial charge >= 0.3 is 0 Å². The number of rotatable bonds is 25. The Morgan fingerprint density at radius 1 is 0.265 bits per heavy atom. The summed E-state index contributed by atoms with van der Waals surface area (Å²) in [6, 6.07) is -5.50. The summed E-state index contributed by atoms with van der Waals surface area (Å²) in [6.07, 6.45) is -73.7. The van der Waals surface area contributed by atoms with Crippen LogP contribution in [0.4, 0.5) is 0 Å². The molecule has 44 heteroatoms. The first-order chi connectivity index (χ1) is 46.4. The third kappa shape index (κ3) is 17.5. The standard InChI is InChI=1S/C54H91N3O41/c1-12(65)55-23-31(73)41(94-53-39(81)45(29(71)18(7-61)89-53)97-49-24(56-13(2)66)32(74)42(21(10-64)91-49)93-51-37(79)33(75)26(68)15(4-58)87-51)20(9-63)90-48(23)84-11-22-30(72)46(40(82)54(92-22)95-43-19(8-62)85-47(83)36(78)35(43)77)98-50-25(57-14(3)67)44(28(70)17(6-60)86-50)96-52-38(80)34(76)27(69)16(5-59)88-52/h15-54,58-64,68-83H,4-11H2,1-3H3,(H,55,65)(H,56,66)(H,57,67)/t15-,16-,17-,18-,19-,20-,21-,22-,23-,24-,25-,26+,27+,28-,29+,30+,31-,32-,33+,34+,35-,36-,37-,38-,39-,40-,41-,42-,43-,44-,45+,46+,47+,48-,49+,50+,51+,52+,53+,54+/m1/s1. The van der Waals surface area contributed by atoms with Gasteiger partial charge in [-0.1, -0.05) is 0 Å². The van der Waals surface area contributed by atoms with Gasteiger partial charge in [-0.25, -0.2) is 0 Å². The normalized spacial score (nSPS) is 49.5. The first-order valence-corrected chi connectivity index (χ1v) is 31.1. The predicted octanol–water partition coefficient (Wildman–Crippen LogP) is -18.0. The van der Waals surface area contributed by atoms with Crippen LogP contribution in [0.1, 0.15) is 20.8 Å². The highest BCUT2D eigenvalue weighted by Crippen LogP contribution is 2.39.